The lowest BCUT2D eigenvalue weighted by molar-refractivity contribution is 0.0810. The van der Waals surface area contributed by atoms with Crippen LogP contribution in [0.2, 0.25) is 0 Å². The molecule has 0 radical (unpaired) electrons. The lowest BCUT2D eigenvalue weighted by Crippen LogP contribution is -2.34. The van der Waals surface area contributed by atoms with Crippen molar-refractivity contribution in [1.29, 1.82) is 0 Å². The van der Waals surface area contributed by atoms with Gasteiger partial charge in [-0.1, -0.05) is 38.0 Å². The molecule has 0 saturated heterocycles. The number of fused-ring (bicyclic) bond motifs is 2. The van der Waals surface area contributed by atoms with E-state index in [1.54, 1.807) is 11.1 Å². The summed E-state index contributed by atoms with van der Waals surface area (Å²) < 4.78 is 6.00. The first kappa shape index (κ1) is 21.0. The first-order valence-corrected chi connectivity index (χ1v) is 12.6. The van der Waals surface area contributed by atoms with Gasteiger partial charge in [-0.05, 0) is 124 Å². The topological polar surface area (TPSA) is 9.23 Å². The number of ether oxygens (including phenoxy) is 1. The number of benzene rings is 1. The SMILES string of the molecule is C/C=C/C1CCC2CC(C3CCc4cc(OCCCCC)ccc4C3)CCC2C1. The molecule has 1 aromatic rings. The molecule has 1 aromatic carbocycles. The Kier molecular flexibility index (Phi) is 7.38. The van der Waals surface area contributed by atoms with Gasteiger partial charge in [0.2, 0.25) is 0 Å². The Morgan fingerprint density at radius 3 is 2.52 bits per heavy atom. The molecule has 0 N–H and O–H groups in total. The lowest BCUT2D eigenvalue weighted by atomic mass is 9.61. The van der Waals surface area contributed by atoms with E-state index in [1.165, 1.54) is 77.0 Å². The third-order valence-corrected chi connectivity index (χ3v) is 8.29. The van der Waals surface area contributed by atoms with Gasteiger partial charge in [0.05, 0.1) is 6.61 Å². The quantitative estimate of drug-likeness (QED) is 0.339. The lowest BCUT2D eigenvalue weighted by Gasteiger charge is -2.44. The van der Waals surface area contributed by atoms with E-state index in [9.17, 15) is 0 Å². The molecule has 2 fully saturated rings. The van der Waals surface area contributed by atoms with Gasteiger partial charge in [0.25, 0.3) is 0 Å². The Bertz CT molecular complexity index is 675. The fourth-order valence-electron chi connectivity index (χ4n) is 6.63. The van der Waals surface area contributed by atoms with Crippen LogP contribution in [0.3, 0.4) is 0 Å². The molecular formula is C28H42O. The molecule has 1 heteroatoms. The Hall–Kier alpha value is -1.24. The van der Waals surface area contributed by atoms with Gasteiger partial charge >= 0.3 is 0 Å². The third kappa shape index (κ3) is 5.28. The normalized spacial score (nSPS) is 32.0. The van der Waals surface area contributed by atoms with Crippen LogP contribution in [0.4, 0.5) is 0 Å². The molecule has 0 heterocycles. The maximum atomic E-state index is 6.00. The second kappa shape index (κ2) is 10.2. The number of hydrogen-bond acceptors (Lipinski definition) is 1. The minimum absolute atomic E-state index is 0.870. The predicted octanol–water partition coefficient (Wildman–Crippen LogP) is 7.77. The van der Waals surface area contributed by atoms with Crippen molar-refractivity contribution in [3.05, 3.63) is 41.5 Å². The van der Waals surface area contributed by atoms with Gasteiger partial charge in [-0.25, -0.2) is 0 Å². The maximum Gasteiger partial charge on any atom is 0.119 e. The highest BCUT2D eigenvalue weighted by Gasteiger charge is 2.38. The second-order valence-corrected chi connectivity index (χ2v) is 10.2. The van der Waals surface area contributed by atoms with Crippen LogP contribution in [-0.2, 0) is 12.8 Å². The first-order chi connectivity index (χ1) is 14.3. The first-order valence-electron chi connectivity index (χ1n) is 12.6. The van der Waals surface area contributed by atoms with Crippen LogP contribution < -0.4 is 4.74 Å². The van der Waals surface area contributed by atoms with Gasteiger partial charge in [-0.2, -0.15) is 0 Å². The summed E-state index contributed by atoms with van der Waals surface area (Å²) in [6.07, 6.45) is 21.3. The van der Waals surface area contributed by atoms with Gasteiger partial charge in [-0.15, -0.1) is 0 Å². The van der Waals surface area contributed by atoms with Crippen LogP contribution in [0.5, 0.6) is 5.75 Å². The molecule has 3 aliphatic rings. The summed E-state index contributed by atoms with van der Waals surface area (Å²) in [5, 5.41) is 0. The predicted molar refractivity (Wildman–Crippen MR) is 123 cm³/mol. The molecule has 160 valence electrons. The fourth-order valence-corrected chi connectivity index (χ4v) is 6.63. The fraction of sp³-hybridized carbons (Fsp3) is 0.714. The number of rotatable bonds is 7. The van der Waals surface area contributed by atoms with E-state index in [1.807, 2.05) is 0 Å². The summed E-state index contributed by atoms with van der Waals surface area (Å²) in [5.41, 5.74) is 3.18. The number of hydrogen-bond donors (Lipinski definition) is 0. The summed E-state index contributed by atoms with van der Waals surface area (Å²) in [7, 11) is 0. The highest BCUT2D eigenvalue weighted by Crippen LogP contribution is 2.48. The zero-order chi connectivity index (χ0) is 20.1. The summed E-state index contributed by atoms with van der Waals surface area (Å²) in [5.74, 6) is 5.91. The molecule has 5 atom stereocenters. The average molecular weight is 395 g/mol. The molecular weight excluding hydrogens is 352 g/mol. The highest BCUT2D eigenvalue weighted by molar-refractivity contribution is 5.37. The van der Waals surface area contributed by atoms with E-state index in [0.717, 1.165) is 41.9 Å². The molecule has 29 heavy (non-hydrogen) atoms. The van der Waals surface area contributed by atoms with Gasteiger partial charge in [0.1, 0.15) is 5.75 Å². The van der Waals surface area contributed by atoms with Crippen LogP contribution in [0.1, 0.15) is 89.2 Å². The Morgan fingerprint density at radius 1 is 0.897 bits per heavy atom. The molecule has 2 saturated carbocycles. The number of aryl methyl sites for hydroxylation is 1. The molecule has 4 rings (SSSR count). The van der Waals surface area contributed by atoms with Gasteiger partial charge in [-0.3, -0.25) is 0 Å². The minimum Gasteiger partial charge on any atom is -0.494 e. The third-order valence-electron chi connectivity index (χ3n) is 8.29. The minimum atomic E-state index is 0.870. The van der Waals surface area contributed by atoms with Crippen LogP contribution in [0, 0.1) is 29.6 Å². The van der Waals surface area contributed by atoms with Crippen LogP contribution in [-0.4, -0.2) is 6.61 Å². The van der Waals surface area contributed by atoms with E-state index in [2.05, 4.69) is 44.2 Å². The molecule has 5 unspecified atom stereocenters. The maximum absolute atomic E-state index is 6.00. The van der Waals surface area contributed by atoms with E-state index in [0.29, 0.717) is 0 Å². The van der Waals surface area contributed by atoms with E-state index >= 15 is 0 Å². The van der Waals surface area contributed by atoms with Crippen molar-refractivity contribution in [3.8, 4) is 5.75 Å². The molecule has 0 amide bonds. The Labute approximate surface area is 179 Å². The standard InChI is InChI=1S/C28H42O/c1-3-5-6-16-29-28-15-14-26-19-25(12-13-27(26)20-28)24-11-10-22-17-21(7-4-2)8-9-23(22)18-24/h4,7,14-15,20-25H,3,5-6,8-13,16-19H2,1-2H3/b7-4+. The largest absolute Gasteiger partial charge is 0.494 e. The molecule has 1 nitrogen and oxygen atoms in total. The highest BCUT2D eigenvalue weighted by atomic mass is 16.5. The van der Waals surface area contributed by atoms with Crippen molar-refractivity contribution in [2.24, 2.45) is 29.6 Å². The van der Waals surface area contributed by atoms with Crippen molar-refractivity contribution in [2.45, 2.75) is 90.9 Å². The van der Waals surface area contributed by atoms with Crippen LogP contribution in [0.25, 0.3) is 0 Å². The van der Waals surface area contributed by atoms with E-state index in [-0.39, 0.29) is 0 Å². The average Bonchev–Trinajstić information content (AvgIpc) is 2.76. The van der Waals surface area contributed by atoms with Crippen LogP contribution in [0.15, 0.2) is 30.4 Å². The number of allylic oxidation sites excluding steroid dienone is 2. The zero-order valence-corrected chi connectivity index (χ0v) is 18.9. The summed E-state index contributed by atoms with van der Waals surface area (Å²) in [6.45, 7) is 5.30. The summed E-state index contributed by atoms with van der Waals surface area (Å²) >= 11 is 0. The summed E-state index contributed by atoms with van der Waals surface area (Å²) in [4.78, 5) is 0. The molecule has 3 aliphatic carbocycles. The monoisotopic (exact) mass is 394 g/mol. The van der Waals surface area contributed by atoms with Gasteiger partial charge in [0, 0.05) is 0 Å². The molecule has 0 aromatic heterocycles. The zero-order valence-electron chi connectivity index (χ0n) is 18.9. The van der Waals surface area contributed by atoms with Crippen molar-refractivity contribution in [2.75, 3.05) is 6.61 Å². The summed E-state index contributed by atoms with van der Waals surface area (Å²) in [6, 6.07) is 6.95. The Morgan fingerprint density at radius 2 is 1.69 bits per heavy atom. The van der Waals surface area contributed by atoms with Crippen molar-refractivity contribution in [3.63, 3.8) is 0 Å². The number of unbranched alkanes of at least 4 members (excludes halogenated alkanes) is 2. The second-order valence-electron chi connectivity index (χ2n) is 10.2. The van der Waals surface area contributed by atoms with Gasteiger partial charge < -0.3 is 4.74 Å². The molecule has 0 spiro atoms. The van der Waals surface area contributed by atoms with E-state index in [4.69, 9.17) is 4.74 Å². The molecule has 0 aliphatic heterocycles. The molecule has 0 bridgehead atoms. The van der Waals surface area contributed by atoms with Crippen molar-refractivity contribution < 1.29 is 4.74 Å². The van der Waals surface area contributed by atoms with Crippen molar-refractivity contribution in [1.82, 2.24) is 0 Å². The smallest absolute Gasteiger partial charge is 0.119 e. The Balaban J connectivity index is 1.30. The van der Waals surface area contributed by atoms with Crippen molar-refractivity contribution >= 4 is 0 Å². The van der Waals surface area contributed by atoms with Gasteiger partial charge in [0.15, 0.2) is 0 Å². The van der Waals surface area contributed by atoms with E-state index < -0.39 is 0 Å². The van der Waals surface area contributed by atoms with Crippen LogP contribution >= 0.6 is 0 Å².